The first kappa shape index (κ1) is 22.0. The number of amides is 1. The molecule has 35 heavy (non-hydrogen) atoms. The summed E-state index contributed by atoms with van der Waals surface area (Å²) in [6, 6.07) is 7.42. The zero-order chi connectivity index (χ0) is 24.2. The number of aromatic nitrogens is 5. The van der Waals surface area contributed by atoms with Gasteiger partial charge in [-0.25, -0.2) is 14.6 Å². The topological polar surface area (TPSA) is 113 Å². The maximum absolute atomic E-state index is 12.7. The van der Waals surface area contributed by atoms with E-state index in [-0.39, 0.29) is 29.6 Å². The van der Waals surface area contributed by atoms with Gasteiger partial charge in [-0.15, -0.1) is 5.10 Å². The smallest absolute Gasteiger partial charge is 0.273 e. The van der Waals surface area contributed by atoms with E-state index in [1.165, 1.54) is 12.8 Å². The summed E-state index contributed by atoms with van der Waals surface area (Å²) < 4.78 is 1.66. The molecule has 1 saturated heterocycles. The van der Waals surface area contributed by atoms with Gasteiger partial charge in [-0.1, -0.05) is 16.8 Å². The largest absolute Gasteiger partial charge is 0.348 e. The number of halogens is 1. The van der Waals surface area contributed by atoms with Gasteiger partial charge in [-0.2, -0.15) is 5.26 Å². The lowest BCUT2D eigenvalue weighted by atomic mass is 9.74. The Morgan fingerprint density at radius 3 is 2.69 bits per heavy atom. The molecule has 1 spiro atoms. The number of hydrogen-bond donors (Lipinski definition) is 1. The van der Waals surface area contributed by atoms with Gasteiger partial charge in [0.1, 0.15) is 0 Å². The van der Waals surface area contributed by atoms with Crippen LogP contribution < -0.4 is 10.2 Å². The molecule has 3 aromatic rings. The zero-order valence-corrected chi connectivity index (χ0v) is 20.1. The van der Waals surface area contributed by atoms with Gasteiger partial charge in [0.2, 0.25) is 5.95 Å². The molecule has 9 nitrogen and oxygen atoms in total. The maximum Gasteiger partial charge on any atom is 0.273 e. The van der Waals surface area contributed by atoms with E-state index >= 15 is 0 Å². The highest BCUT2D eigenvalue weighted by molar-refractivity contribution is 6.30. The molecule has 0 radical (unpaired) electrons. The van der Waals surface area contributed by atoms with Crippen LogP contribution in [0.1, 0.15) is 71.7 Å². The third-order valence-corrected chi connectivity index (χ3v) is 7.86. The number of carbonyl (C=O) groups is 1. The lowest BCUT2D eigenvalue weighted by Crippen LogP contribution is -2.49. The van der Waals surface area contributed by atoms with E-state index in [1.807, 2.05) is 25.4 Å². The summed E-state index contributed by atoms with van der Waals surface area (Å²) in [6.45, 7) is 4.10. The SMILES string of the molecule is C[C@H](c1cnc(N2CC3(CC3)C2)nc1)n1cc(C(=O)NC2CC(c3cc(Cl)ccc3C#N)C2)nn1. The number of carbonyl (C=O) groups excluding carboxylic acids is 1. The van der Waals surface area contributed by atoms with Gasteiger partial charge in [-0.05, 0) is 62.3 Å². The fourth-order valence-electron chi connectivity index (χ4n) is 5.05. The molecule has 1 amide bonds. The molecule has 2 saturated carbocycles. The Morgan fingerprint density at radius 1 is 1.26 bits per heavy atom. The number of nitrogens with zero attached hydrogens (tertiary/aromatic N) is 7. The molecule has 3 fully saturated rings. The van der Waals surface area contributed by atoms with Crippen LogP contribution in [0.2, 0.25) is 5.02 Å². The molecule has 2 aromatic heterocycles. The van der Waals surface area contributed by atoms with Gasteiger partial charge < -0.3 is 10.2 Å². The quantitative estimate of drug-likeness (QED) is 0.565. The second-order valence-electron chi connectivity index (χ2n) is 10.1. The van der Waals surface area contributed by atoms with Crippen LogP contribution >= 0.6 is 11.6 Å². The highest BCUT2D eigenvalue weighted by Crippen LogP contribution is 2.53. The summed E-state index contributed by atoms with van der Waals surface area (Å²) in [4.78, 5) is 24.0. The molecule has 178 valence electrons. The van der Waals surface area contributed by atoms with Crippen LogP contribution in [0.5, 0.6) is 0 Å². The Hall–Kier alpha value is -3.51. The maximum atomic E-state index is 12.7. The summed E-state index contributed by atoms with van der Waals surface area (Å²) in [5.74, 6) is 0.728. The van der Waals surface area contributed by atoms with Gasteiger partial charge in [0, 0.05) is 47.5 Å². The molecular formula is C25H25ClN8O. The van der Waals surface area contributed by atoms with E-state index in [4.69, 9.17) is 11.6 Å². The molecule has 1 atom stereocenters. The van der Waals surface area contributed by atoms with Crippen molar-refractivity contribution in [1.29, 1.82) is 5.26 Å². The van der Waals surface area contributed by atoms with Gasteiger partial charge in [0.05, 0.1) is 23.9 Å². The second-order valence-corrected chi connectivity index (χ2v) is 10.6. The minimum absolute atomic E-state index is 0.0258. The van der Waals surface area contributed by atoms with Crippen molar-refractivity contribution in [2.75, 3.05) is 18.0 Å². The molecule has 1 aliphatic heterocycles. The van der Waals surface area contributed by atoms with Crippen LogP contribution in [-0.2, 0) is 0 Å². The molecule has 3 heterocycles. The van der Waals surface area contributed by atoms with E-state index in [2.05, 4.69) is 36.6 Å². The Kier molecular flexibility index (Phi) is 5.22. The molecule has 2 aliphatic carbocycles. The predicted octanol–water partition coefficient (Wildman–Crippen LogP) is 3.48. The van der Waals surface area contributed by atoms with Crippen molar-refractivity contribution in [2.45, 2.75) is 50.6 Å². The second kappa shape index (κ2) is 8.31. The monoisotopic (exact) mass is 488 g/mol. The molecule has 10 heteroatoms. The molecule has 0 bridgehead atoms. The summed E-state index contributed by atoms with van der Waals surface area (Å²) in [7, 11) is 0. The van der Waals surface area contributed by atoms with E-state index < -0.39 is 0 Å². The van der Waals surface area contributed by atoms with E-state index in [1.54, 1.807) is 23.0 Å². The van der Waals surface area contributed by atoms with Crippen molar-refractivity contribution in [2.24, 2.45) is 5.41 Å². The number of nitrogens with one attached hydrogen (secondary N) is 1. The van der Waals surface area contributed by atoms with Gasteiger partial charge in [-0.3, -0.25) is 4.79 Å². The average molecular weight is 489 g/mol. The van der Waals surface area contributed by atoms with E-state index in [0.717, 1.165) is 43.0 Å². The normalized spacial score (nSPS) is 22.6. The molecule has 1 N–H and O–H groups in total. The minimum Gasteiger partial charge on any atom is -0.348 e. The van der Waals surface area contributed by atoms with Crippen molar-refractivity contribution in [3.63, 3.8) is 0 Å². The summed E-state index contributed by atoms with van der Waals surface area (Å²) >= 11 is 6.11. The zero-order valence-electron chi connectivity index (χ0n) is 19.4. The Balaban J connectivity index is 1.04. The average Bonchev–Trinajstić information content (AvgIpc) is 3.48. The highest BCUT2D eigenvalue weighted by atomic mass is 35.5. The number of hydrogen-bond acceptors (Lipinski definition) is 7. The Bertz CT molecular complexity index is 1310. The number of anilines is 1. The first-order valence-electron chi connectivity index (χ1n) is 11.9. The molecule has 3 aliphatic rings. The first-order valence-corrected chi connectivity index (χ1v) is 12.3. The molecule has 0 unspecified atom stereocenters. The number of rotatable bonds is 6. The van der Waals surface area contributed by atoms with Gasteiger partial charge in [0.25, 0.3) is 5.91 Å². The van der Waals surface area contributed by atoms with Crippen molar-refractivity contribution in [3.05, 3.63) is 64.2 Å². The summed E-state index contributed by atoms with van der Waals surface area (Å²) in [5, 5.41) is 21.2. The third-order valence-electron chi connectivity index (χ3n) is 7.62. The van der Waals surface area contributed by atoms with Crippen LogP contribution in [0.3, 0.4) is 0 Å². The van der Waals surface area contributed by atoms with Gasteiger partial charge in [0.15, 0.2) is 5.69 Å². The fraction of sp³-hybridized carbons (Fsp3) is 0.440. The Labute approximate surface area is 208 Å². The Morgan fingerprint density at radius 2 is 2.00 bits per heavy atom. The lowest BCUT2D eigenvalue weighted by Gasteiger charge is -2.39. The van der Waals surface area contributed by atoms with Crippen LogP contribution in [0.4, 0.5) is 5.95 Å². The number of benzene rings is 1. The summed E-state index contributed by atoms with van der Waals surface area (Å²) in [5.41, 5.74) is 3.31. The van der Waals surface area contributed by atoms with Crippen molar-refractivity contribution in [3.8, 4) is 6.07 Å². The van der Waals surface area contributed by atoms with Crippen LogP contribution in [-0.4, -0.2) is 50.0 Å². The van der Waals surface area contributed by atoms with Crippen LogP contribution in [0.15, 0.2) is 36.8 Å². The molecule has 6 rings (SSSR count). The number of nitriles is 1. The fourth-order valence-corrected chi connectivity index (χ4v) is 5.23. The molecule has 1 aromatic carbocycles. The predicted molar refractivity (Wildman–Crippen MR) is 129 cm³/mol. The standard InChI is InChI=1S/C25H25ClN8O/c1-15(18-10-28-24(29-11-18)33-13-25(14-33)4-5-25)34-12-22(31-32-34)23(35)30-20-6-17(7-20)21-8-19(26)3-2-16(21)9-27/h2-3,8,10-12,15,17,20H,4-7,13-14H2,1H3,(H,30,35)/t15-,17?,20?/m1/s1. The third kappa shape index (κ3) is 4.12. The molecular weight excluding hydrogens is 464 g/mol. The van der Waals surface area contributed by atoms with E-state index in [0.29, 0.717) is 16.0 Å². The van der Waals surface area contributed by atoms with Crippen molar-refractivity contribution >= 4 is 23.5 Å². The summed E-state index contributed by atoms with van der Waals surface area (Å²) in [6.07, 6.45) is 9.47. The van der Waals surface area contributed by atoms with Crippen LogP contribution in [0.25, 0.3) is 0 Å². The lowest BCUT2D eigenvalue weighted by molar-refractivity contribution is 0.0903. The van der Waals surface area contributed by atoms with Crippen molar-refractivity contribution < 1.29 is 4.79 Å². The van der Waals surface area contributed by atoms with Gasteiger partial charge >= 0.3 is 0 Å². The first-order chi connectivity index (χ1) is 16.9. The highest BCUT2D eigenvalue weighted by Gasteiger charge is 2.53. The van der Waals surface area contributed by atoms with Crippen LogP contribution in [0, 0.1) is 16.7 Å². The van der Waals surface area contributed by atoms with Crippen molar-refractivity contribution in [1.82, 2.24) is 30.3 Å². The minimum atomic E-state index is -0.253. The van der Waals surface area contributed by atoms with E-state index in [9.17, 15) is 10.1 Å².